The molecule has 0 saturated heterocycles. The van der Waals surface area contributed by atoms with Gasteiger partial charge in [-0.25, -0.2) is 4.98 Å². The van der Waals surface area contributed by atoms with E-state index in [2.05, 4.69) is 15.2 Å². The van der Waals surface area contributed by atoms with Crippen molar-refractivity contribution in [3.63, 3.8) is 0 Å². The second kappa shape index (κ2) is 3.19. The van der Waals surface area contributed by atoms with E-state index in [4.69, 9.17) is 5.73 Å². The first kappa shape index (κ1) is 8.49. The zero-order valence-electron chi connectivity index (χ0n) is 6.08. The topological polar surface area (TPSA) is 67.6 Å². The van der Waals surface area contributed by atoms with Gasteiger partial charge in [-0.1, -0.05) is 0 Å². The van der Waals surface area contributed by atoms with Crippen LogP contribution in [-0.4, -0.2) is 15.2 Å². The minimum atomic E-state index is 0. The van der Waals surface area contributed by atoms with Crippen LogP contribution in [0.3, 0.4) is 0 Å². The Balaban J connectivity index is 0.000000605. The Morgan fingerprint density at radius 2 is 2.27 bits per heavy atom. The smallest absolute Gasteiger partial charge is 0.153 e. The summed E-state index contributed by atoms with van der Waals surface area (Å²) < 4.78 is 0. The van der Waals surface area contributed by atoms with Gasteiger partial charge in [-0.2, -0.15) is 5.10 Å². The number of nitrogens with two attached hydrogens (primary N) is 1. The average molecular weight is 175 g/mol. The van der Waals surface area contributed by atoms with E-state index in [1.807, 2.05) is 0 Å². The summed E-state index contributed by atoms with van der Waals surface area (Å²) in [6.07, 6.45) is 2.48. The van der Waals surface area contributed by atoms with Gasteiger partial charge in [0.05, 0.1) is 6.54 Å². The standard InChI is InChI=1S/C6H10N4.ClH/c7-3-5-8-6(10-9-5)4-1-2-4;/h4H,1-3,7H2,(H,8,9,10);1H. The summed E-state index contributed by atoms with van der Waals surface area (Å²) in [6.45, 7) is 0.458. The fourth-order valence-corrected chi connectivity index (χ4v) is 0.925. The summed E-state index contributed by atoms with van der Waals surface area (Å²) in [5.41, 5.74) is 5.35. The molecule has 2 rings (SSSR count). The number of hydrogen-bond acceptors (Lipinski definition) is 3. The van der Waals surface area contributed by atoms with Crippen molar-refractivity contribution < 1.29 is 0 Å². The zero-order chi connectivity index (χ0) is 6.97. The van der Waals surface area contributed by atoms with Crippen LogP contribution in [-0.2, 0) is 6.54 Å². The molecule has 1 aromatic rings. The molecule has 1 aliphatic carbocycles. The normalized spacial score (nSPS) is 16.1. The van der Waals surface area contributed by atoms with Crippen LogP contribution >= 0.6 is 12.4 Å². The largest absolute Gasteiger partial charge is 0.324 e. The molecule has 0 bridgehead atoms. The van der Waals surface area contributed by atoms with Crippen LogP contribution in [0.2, 0.25) is 0 Å². The van der Waals surface area contributed by atoms with Gasteiger partial charge in [0.1, 0.15) is 5.82 Å². The molecule has 1 aromatic heterocycles. The fourth-order valence-electron chi connectivity index (χ4n) is 0.925. The number of halogens is 1. The highest BCUT2D eigenvalue weighted by Crippen LogP contribution is 2.37. The summed E-state index contributed by atoms with van der Waals surface area (Å²) in [7, 11) is 0. The lowest BCUT2D eigenvalue weighted by molar-refractivity contribution is 0.915. The second-order valence-corrected chi connectivity index (χ2v) is 2.62. The first-order valence-corrected chi connectivity index (χ1v) is 3.51. The van der Waals surface area contributed by atoms with E-state index < -0.39 is 0 Å². The number of aromatic nitrogens is 3. The molecule has 62 valence electrons. The summed E-state index contributed by atoms with van der Waals surface area (Å²) in [5, 5.41) is 6.82. The van der Waals surface area contributed by atoms with Crippen LogP contribution in [0, 0.1) is 0 Å². The zero-order valence-corrected chi connectivity index (χ0v) is 6.90. The van der Waals surface area contributed by atoms with Crippen LogP contribution in [0.5, 0.6) is 0 Å². The molecule has 1 heterocycles. The summed E-state index contributed by atoms with van der Waals surface area (Å²) in [5.74, 6) is 2.36. The van der Waals surface area contributed by atoms with Gasteiger partial charge in [-0.3, -0.25) is 5.10 Å². The molecule has 0 aliphatic heterocycles. The summed E-state index contributed by atoms with van der Waals surface area (Å²) in [6, 6.07) is 0. The van der Waals surface area contributed by atoms with Crippen molar-refractivity contribution in [2.75, 3.05) is 0 Å². The van der Waals surface area contributed by atoms with Crippen molar-refractivity contribution in [1.29, 1.82) is 0 Å². The molecule has 4 nitrogen and oxygen atoms in total. The molecule has 0 atom stereocenters. The Morgan fingerprint density at radius 1 is 1.55 bits per heavy atom. The molecule has 5 heteroatoms. The quantitative estimate of drug-likeness (QED) is 0.689. The third-order valence-electron chi connectivity index (χ3n) is 1.68. The predicted octanol–water partition coefficient (Wildman–Crippen LogP) is 0.563. The predicted molar refractivity (Wildman–Crippen MR) is 43.5 cm³/mol. The molecular formula is C6H11ClN4. The van der Waals surface area contributed by atoms with Gasteiger partial charge >= 0.3 is 0 Å². The Morgan fingerprint density at radius 3 is 2.73 bits per heavy atom. The van der Waals surface area contributed by atoms with E-state index in [0.717, 1.165) is 11.6 Å². The van der Waals surface area contributed by atoms with Crippen molar-refractivity contribution in [3.05, 3.63) is 11.6 Å². The number of nitrogens with one attached hydrogen (secondary N) is 1. The Labute approximate surface area is 71.0 Å². The van der Waals surface area contributed by atoms with Crippen LogP contribution in [0.4, 0.5) is 0 Å². The molecular weight excluding hydrogens is 164 g/mol. The van der Waals surface area contributed by atoms with Gasteiger partial charge in [-0.15, -0.1) is 12.4 Å². The average Bonchev–Trinajstić information content (AvgIpc) is 2.70. The monoisotopic (exact) mass is 174 g/mol. The molecule has 11 heavy (non-hydrogen) atoms. The lowest BCUT2D eigenvalue weighted by atomic mass is 10.4. The Hall–Kier alpha value is -0.610. The van der Waals surface area contributed by atoms with Crippen molar-refractivity contribution in [1.82, 2.24) is 15.2 Å². The van der Waals surface area contributed by atoms with Crippen LogP contribution in [0.1, 0.15) is 30.4 Å². The van der Waals surface area contributed by atoms with Crippen molar-refractivity contribution in [2.45, 2.75) is 25.3 Å². The van der Waals surface area contributed by atoms with E-state index in [1.165, 1.54) is 12.8 Å². The van der Waals surface area contributed by atoms with E-state index in [-0.39, 0.29) is 12.4 Å². The highest BCUT2D eigenvalue weighted by molar-refractivity contribution is 5.85. The molecule has 0 radical (unpaired) electrons. The number of nitrogens with zero attached hydrogens (tertiary/aromatic N) is 2. The number of H-pyrrole nitrogens is 1. The maximum absolute atomic E-state index is 5.35. The minimum Gasteiger partial charge on any atom is -0.324 e. The number of aromatic amines is 1. The molecule has 1 aliphatic rings. The number of rotatable bonds is 2. The molecule has 1 fully saturated rings. The van der Waals surface area contributed by atoms with E-state index in [1.54, 1.807) is 0 Å². The Bertz CT molecular complexity index is 230. The van der Waals surface area contributed by atoms with E-state index >= 15 is 0 Å². The van der Waals surface area contributed by atoms with Crippen LogP contribution in [0.25, 0.3) is 0 Å². The van der Waals surface area contributed by atoms with Gasteiger partial charge < -0.3 is 5.73 Å². The molecule has 0 aromatic carbocycles. The van der Waals surface area contributed by atoms with Crippen molar-refractivity contribution >= 4 is 12.4 Å². The minimum absolute atomic E-state index is 0. The van der Waals surface area contributed by atoms with Gasteiger partial charge in [0.2, 0.25) is 0 Å². The number of hydrogen-bond donors (Lipinski definition) is 2. The van der Waals surface area contributed by atoms with Crippen molar-refractivity contribution in [3.8, 4) is 0 Å². The van der Waals surface area contributed by atoms with Crippen LogP contribution < -0.4 is 5.73 Å². The second-order valence-electron chi connectivity index (χ2n) is 2.62. The molecule has 0 amide bonds. The third-order valence-corrected chi connectivity index (χ3v) is 1.68. The van der Waals surface area contributed by atoms with Crippen LogP contribution in [0.15, 0.2) is 0 Å². The fraction of sp³-hybridized carbons (Fsp3) is 0.667. The lowest BCUT2D eigenvalue weighted by Gasteiger charge is -1.82. The van der Waals surface area contributed by atoms with E-state index in [9.17, 15) is 0 Å². The van der Waals surface area contributed by atoms with Crippen molar-refractivity contribution in [2.24, 2.45) is 5.73 Å². The van der Waals surface area contributed by atoms with Gasteiger partial charge in [-0.05, 0) is 12.8 Å². The molecule has 0 unspecified atom stereocenters. The molecule has 1 saturated carbocycles. The maximum atomic E-state index is 5.35. The Kier molecular flexibility index (Phi) is 2.46. The summed E-state index contributed by atoms with van der Waals surface area (Å²) in [4.78, 5) is 4.20. The van der Waals surface area contributed by atoms with Gasteiger partial charge in [0.25, 0.3) is 0 Å². The molecule has 0 spiro atoms. The maximum Gasteiger partial charge on any atom is 0.153 e. The summed E-state index contributed by atoms with van der Waals surface area (Å²) >= 11 is 0. The SMILES string of the molecule is Cl.NCc1nc(C2CC2)n[nH]1. The van der Waals surface area contributed by atoms with Gasteiger partial charge in [0.15, 0.2) is 5.82 Å². The van der Waals surface area contributed by atoms with E-state index in [0.29, 0.717) is 12.5 Å². The third kappa shape index (κ3) is 1.70. The highest BCUT2D eigenvalue weighted by Gasteiger charge is 2.27. The first-order valence-electron chi connectivity index (χ1n) is 3.51. The van der Waals surface area contributed by atoms with Gasteiger partial charge in [0, 0.05) is 5.92 Å². The highest BCUT2D eigenvalue weighted by atomic mass is 35.5. The lowest BCUT2D eigenvalue weighted by Crippen LogP contribution is -1.98. The first-order chi connectivity index (χ1) is 4.90. The molecule has 3 N–H and O–H groups in total.